The Morgan fingerprint density at radius 1 is 0.821 bits per heavy atom. The van der Waals surface area contributed by atoms with Gasteiger partial charge in [-0.05, 0) is 75.8 Å². The third-order valence-electron chi connectivity index (χ3n) is 5.30. The Bertz CT molecular complexity index is 1440. The van der Waals surface area contributed by atoms with E-state index in [2.05, 4.69) is 23.2 Å². The number of pyridine rings is 1. The smallest absolute Gasteiger partial charge is 0.123 e. The fourth-order valence-electron chi connectivity index (χ4n) is 4.00. The van der Waals surface area contributed by atoms with Crippen LogP contribution in [0.3, 0.4) is 0 Å². The van der Waals surface area contributed by atoms with E-state index in [1.807, 2.05) is 49.4 Å². The highest BCUT2D eigenvalue weighted by molar-refractivity contribution is 6.12. The fraction of sp³-hybridized carbons (Fsp3) is 0.0400. The van der Waals surface area contributed by atoms with Gasteiger partial charge in [0.25, 0.3) is 0 Å². The molecule has 0 saturated heterocycles. The van der Waals surface area contributed by atoms with E-state index in [1.54, 1.807) is 12.3 Å². The van der Waals surface area contributed by atoms with Crippen LogP contribution >= 0.6 is 0 Å². The van der Waals surface area contributed by atoms with Crippen molar-refractivity contribution in [1.82, 2.24) is 4.98 Å². The molecular formula is C25H15FN2. The summed E-state index contributed by atoms with van der Waals surface area (Å²) in [5.41, 5.74) is 3.36. The minimum atomic E-state index is -0.238. The fourth-order valence-corrected chi connectivity index (χ4v) is 4.00. The van der Waals surface area contributed by atoms with Crippen molar-refractivity contribution in [1.29, 1.82) is 5.26 Å². The molecule has 1 heterocycles. The van der Waals surface area contributed by atoms with Crippen molar-refractivity contribution in [3.05, 3.63) is 89.9 Å². The summed E-state index contributed by atoms with van der Waals surface area (Å²) in [7, 11) is 0. The van der Waals surface area contributed by atoms with E-state index in [0.29, 0.717) is 5.56 Å². The molecule has 5 rings (SSSR count). The van der Waals surface area contributed by atoms with Crippen LogP contribution < -0.4 is 0 Å². The minimum Gasteiger partial charge on any atom is -0.256 e. The van der Waals surface area contributed by atoms with E-state index in [0.717, 1.165) is 49.1 Å². The first-order chi connectivity index (χ1) is 13.7. The van der Waals surface area contributed by atoms with Gasteiger partial charge in [0.15, 0.2) is 0 Å². The van der Waals surface area contributed by atoms with Crippen LogP contribution in [0.5, 0.6) is 0 Å². The van der Waals surface area contributed by atoms with Gasteiger partial charge in [-0.3, -0.25) is 4.98 Å². The third kappa shape index (κ3) is 2.43. The van der Waals surface area contributed by atoms with Crippen LogP contribution in [-0.4, -0.2) is 4.98 Å². The standard InChI is InChI=1S/C25H15FN2/c1-15-10-24-22(21-7-6-19(26)13-23(15)21)8-9-28-25(24)17-11-16-4-2-3-5-20(16)18(12-17)14-27/h2-13H,1H3. The van der Waals surface area contributed by atoms with E-state index in [-0.39, 0.29) is 5.82 Å². The Labute approximate surface area is 161 Å². The molecule has 0 aliphatic heterocycles. The second kappa shape index (κ2) is 6.14. The van der Waals surface area contributed by atoms with Crippen molar-refractivity contribution in [3.63, 3.8) is 0 Å². The van der Waals surface area contributed by atoms with E-state index < -0.39 is 0 Å². The number of nitrogens with zero attached hydrogens (tertiary/aromatic N) is 2. The first kappa shape index (κ1) is 16.4. The molecule has 2 nitrogen and oxygen atoms in total. The number of rotatable bonds is 1. The molecule has 5 aromatic rings. The Balaban J connectivity index is 1.88. The Kier molecular flexibility index (Phi) is 3.60. The summed E-state index contributed by atoms with van der Waals surface area (Å²) in [5.74, 6) is -0.238. The van der Waals surface area contributed by atoms with Crippen molar-refractivity contribution in [3.8, 4) is 17.3 Å². The second-order valence-corrected chi connectivity index (χ2v) is 6.99. The van der Waals surface area contributed by atoms with E-state index in [9.17, 15) is 9.65 Å². The van der Waals surface area contributed by atoms with Crippen molar-refractivity contribution in [2.75, 3.05) is 0 Å². The highest BCUT2D eigenvalue weighted by Crippen LogP contribution is 2.35. The van der Waals surface area contributed by atoms with Gasteiger partial charge in [0, 0.05) is 17.1 Å². The summed E-state index contributed by atoms with van der Waals surface area (Å²) in [5, 5.41) is 15.5. The van der Waals surface area contributed by atoms with Crippen molar-refractivity contribution in [2.45, 2.75) is 6.92 Å². The van der Waals surface area contributed by atoms with Gasteiger partial charge in [0.05, 0.1) is 17.3 Å². The molecule has 0 radical (unpaired) electrons. The van der Waals surface area contributed by atoms with Gasteiger partial charge in [0.1, 0.15) is 5.82 Å². The number of fused-ring (bicyclic) bond motifs is 4. The molecule has 3 heteroatoms. The molecular weight excluding hydrogens is 347 g/mol. The second-order valence-electron chi connectivity index (χ2n) is 6.99. The Morgan fingerprint density at radius 2 is 1.64 bits per heavy atom. The van der Waals surface area contributed by atoms with Gasteiger partial charge >= 0.3 is 0 Å². The highest BCUT2D eigenvalue weighted by atomic mass is 19.1. The number of aryl methyl sites for hydroxylation is 1. The van der Waals surface area contributed by atoms with Gasteiger partial charge in [-0.1, -0.05) is 30.3 Å². The lowest BCUT2D eigenvalue weighted by Gasteiger charge is -2.12. The molecule has 4 aromatic carbocycles. The van der Waals surface area contributed by atoms with Crippen molar-refractivity contribution in [2.24, 2.45) is 0 Å². The molecule has 0 bridgehead atoms. The predicted octanol–water partition coefficient (Wildman–Crippen LogP) is 6.53. The van der Waals surface area contributed by atoms with Crippen LogP contribution in [-0.2, 0) is 0 Å². The average Bonchev–Trinajstić information content (AvgIpc) is 2.73. The minimum absolute atomic E-state index is 0.238. The van der Waals surface area contributed by atoms with Crippen LogP contribution in [0, 0.1) is 24.1 Å². The zero-order valence-electron chi connectivity index (χ0n) is 15.2. The van der Waals surface area contributed by atoms with Gasteiger partial charge in [-0.2, -0.15) is 5.26 Å². The molecule has 1 aromatic heterocycles. The van der Waals surface area contributed by atoms with Crippen molar-refractivity contribution >= 4 is 32.3 Å². The zero-order valence-corrected chi connectivity index (χ0v) is 15.2. The Hall–Kier alpha value is -3.77. The summed E-state index contributed by atoms with van der Waals surface area (Å²) >= 11 is 0. The van der Waals surface area contributed by atoms with E-state index >= 15 is 0 Å². The third-order valence-corrected chi connectivity index (χ3v) is 5.30. The normalized spacial score (nSPS) is 11.2. The first-order valence-electron chi connectivity index (χ1n) is 9.06. The summed E-state index contributed by atoms with van der Waals surface area (Å²) in [6.45, 7) is 1.99. The van der Waals surface area contributed by atoms with Crippen molar-refractivity contribution < 1.29 is 4.39 Å². The maximum Gasteiger partial charge on any atom is 0.123 e. The number of benzene rings is 4. The van der Waals surface area contributed by atoms with Crippen LogP contribution in [0.25, 0.3) is 43.6 Å². The molecule has 0 fully saturated rings. The lowest BCUT2D eigenvalue weighted by atomic mass is 9.93. The first-order valence-corrected chi connectivity index (χ1v) is 9.06. The summed E-state index contributed by atoms with van der Waals surface area (Å²) in [4.78, 5) is 4.64. The molecule has 0 unspecified atom stereocenters. The molecule has 0 amide bonds. The number of hydrogen-bond donors (Lipinski definition) is 0. The molecule has 132 valence electrons. The maximum absolute atomic E-state index is 13.7. The van der Waals surface area contributed by atoms with Gasteiger partial charge in [0.2, 0.25) is 0 Å². The lowest BCUT2D eigenvalue weighted by Crippen LogP contribution is -1.91. The predicted molar refractivity (Wildman–Crippen MR) is 112 cm³/mol. The highest BCUT2D eigenvalue weighted by Gasteiger charge is 2.13. The largest absolute Gasteiger partial charge is 0.256 e. The zero-order chi connectivity index (χ0) is 19.3. The Morgan fingerprint density at radius 3 is 2.50 bits per heavy atom. The quantitative estimate of drug-likeness (QED) is 0.318. The van der Waals surface area contributed by atoms with Gasteiger partial charge in [-0.15, -0.1) is 0 Å². The molecule has 0 N–H and O–H groups in total. The number of nitriles is 1. The van der Waals surface area contributed by atoms with Gasteiger partial charge in [-0.25, -0.2) is 4.39 Å². The molecule has 28 heavy (non-hydrogen) atoms. The van der Waals surface area contributed by atoms with Gasteiger partial charge < -0.3 is 0 Å². The number of halogens is 1. The van der Waals surface area contributed by atoms with Crippen LogP contribution in [0.2, 0.25) is 0 Å². The SMILES string of the molecule is Cc1cc2c(-c3cc(C#N)c4ccccc4c3)nccc2c2ccc(F)cc12. The average molecular weight is 362 g/mol. The summed E-state index contributed by atoms with van der Waals surface area (Å²) < 4.78 is 13.7. The molecule has 0 aliphatic carbocycles. The van der Waals surface area contributed by atoms with E-state index in [1.165, 1.54) is 6.07 Å². The summed E-state index contributed by atoms with van der Waals surface area (Å²) in [6, 6.07) is 23.1. The molecule has 0 saturated carbocycles. The van der Waals surface area contributed by atoms with E-state index in [4.69, 9.17) is 0 Å². The summed E-state index contributed by atoms with van der Waals surface area (Å²) in [6.07, 6.45) is 1.77. The monoisotopic (exact) mass is 362 g/mol. The van der Waals surface area contributed by atoms with Crippen LogP contribution in [0.1, 0.15) is 11.1 Å². The van der Waals surface area contributed by atoms with Crippen LogP contribution in [0.15, 0.2) is 72.9 Å². The number of aromatic nitrogens is 1. The topological polar surface area (TPSA) is 36.7 Å². The van der Waals surface area contributed by atoms with Crippen LogP contribution in [0.4, 0.5) is 4.39 Å². The lowest BCUT2D eigenvalue weighted by molar-refractivity contribution is 0.629. The molecule has 0 spiro atoms. The maximum atomic E-state index is 13.7. The molecule has 0 aliphatic rings. The number of hydrogen-bond acceptors (Lipinski definition) is 2. The molecule has 0 atom stereocenters.